The van der Waals surface area contributed by atoms with Crippen LogP contribution in [-0.2, 0) is 0 Å². The Morgan fingerprint density at radius 1 is 1.35 bits per heavy atom. The van der Waals surface area contributed by atoms with Gasteiger partial charge in [-0.05, 0) is 32.9 Å². The molecule has 0 bridgehead atoms. The highest BCUT2D eigenvalue weighted by atomic mass is 16.5. The Kier molecular flexibility index (Phi) is 2.48. The number of aromatic nitrogens is 3. The van der Waals surface area contributed by atoms with Crippen LogP contribution in [0, 0.1) is 0 Å². The van der Waals surface area contributed by atoms with Gasteiger partial charge in [0.1, 0.15) is 5.60 Å². The molecule has 0 saturated carbocycles. The van der Waals surface area contributed by atoms with Crippen LogP contribution in [0.2, 0.25) is 0 Å². The number of ether oxygens (including phenoxy) is 1. The molecule has 0 aromatic carbocycles. The molecule has 0 unspecified atom stereocenters. The monoisotopic (exact) mass is 232 g/mol. The summed E-state index contributed by atoms with van der Waals surface area (Å²) in [6.07, 6.45) is 9.16. The quantitative estimate of drug-likeness (QED) is 0.846. The van der Waals surface area contributed by atoms with E-state index in [1.165, 1.54) is 0 Å². The average Bonchev–Trinajstić information content (AvgIpc) is 2.73. The van der Waals surface area contributed by atoms with Crippen molar-refractivity contribution < 1.29 is 4.74 Å². The van der Waals surface area contributed by atoms with Gasteiger partial charge in [-0.3, -0.25) is 9.38 Å². The van der Waals surface area contributed by atoms with Crippen molar-refractivity contribution in [2.24, 2.45) is 0 Å². The van der Waals surface area contributed by atoms with Crippen LogP contribution in [-0.4, -0.2) is 33.1 Å². The van der Waals surface area contributed by atoms with Crippen molar-refractivity contribution in [2.75, 3.05) is 13.1 Å². The molecular formula is C12H16N4O. The van der Waals surface area contributed by atoms with Gasteiger partial charge in [-0.25, -0.2) is 4.98 Å². The van der Waals surface area contributed by atoms with Gasteiger partial charge in [-0.15, -0.1) is 0 Å². The number of nitrogens with one attached hydrogen (secondary N) is 1. The minimum absolute atomic E-state index is 0.0928. The van der Waals surface area contributed by atoms with E-state index in [9.17, 15) is 0 Å². The summed E-state index contributed by atoms with van der Waals surface area (Å²) in [6.45, 7) is 4.18. The number of hydrogen-bond donors (Lipinski definition) is 1. The standard InChI is InChI=1S/C12H16N4O/c1-12(2-4-13-5-3-12)17-11-9-15-10-8-14-6-7-16(10)11/h6-9,13H,2-5H2,1H3. The van der Waals surface area contributed by atoms with Gasteiger partial charge in [0.2, 0.25) is 5.88 Å². The SMILES string of the molecule is CC1(Oc2cnc3cnccn23)CCNCC1. The van der Waals surface area contributed by atoms with Crippen LogP contribution in [0.3, 0.4) is 0 Å². The second kappa shape index (κ2) is 4.00. The Morgan fingerprint density at radius 2 is 2.18 bits per heavy atom. The maximum absolute atomic E-state index is 6.13. The van der Waals surface area contributed by atoms with E-state index in [2.05, 4.69) is 22.2 Å². The second-order valence-corrected chi connectivity index (χ2v) is 4.70. The van der Waals surface area contributed by atoms with Gasteiger partial charge >= 0.3 is 0 Å². The van der Waals surface area contributed by atoms with Gasteiger partial charge in [-0.2, -0.15) is 0 Å². The minimum atomic E-state index is -0.0928. The smallest absolute Gasteiger partial charge is 0.219 e. The maximum Gasteiger partial charge on any atom is 0.219 e. The van der Waals surface area contributed by atoms with Crippen LogP contribution in [0.4, 0.5) is 0 Å². The lowest BCUT2D eigenvalue weighted by atomic mass is 9.95. The average molecular weight is 232 g/mol. The van der Waals surface area contributed by atoms with Gasteiger partial charge in [0.05, 0.1) is 12.4 Å². The zero-order chi connectivity index (χ0) is 11.7. The topological polar surface area (TPSA) is 51.5 Å². The van der Waals surface area contributed by atoms with Gasteiger partial charge in [-0.1, -0.05) is 0 Å². The summed E-state index contributed by atoms with van der Waals surface area (Å²) in [7, 11) is 0. The molecule has 2 aromatic rings. The van der Waals surface area contributed by atoms with E-state index in [0.29, 0.717) is 0 Å². The van der Waals surface area contributed by atoms with Gasteiger partial charge in [0, 0.05) is 12.4 Å². The first-order chi connectivity index (χ1) is 8.27. The molecule has 5 nitrogen and oxygen atoms in total. The lowest BCUT2D eigenvalue weighted by Crippen LogP contribution is -2.44. The van der Waals surface area contributed by atoms with Crippen molar-refractivity contribution >= 4 is 5.65 Å². The first-order valence-electron chi connectivity index (χ1n) is 5.94. The fourth-order valence-electron chi connectivity index (χ4n) is 2.20. The van der Waals surface area contributed by atoms with Crippen LogP contribution >= 0.6 is 0 Å². The maximum atomic E-state index is 6.13. The third kappa shape index (κ3) is 1.98. The molecule has 0 atom stereocenters. The van der Waals surface area contributed by atoms with Crippen molar-refractivity contribution in [3.05, 3.63) is 24.8 Å². The third-order valence-electron chi connectivity index (χ3n) is 3.30. The largest absolute Gasteiger partial charge is 0.471 e. The molecule has 0 spiro atoms. The molecule has 1 fully saturated rings. The molecule has 1 N–H and O–H groups in total. The van der Waals surface area contributed by atoms with Crippen LogP contribution in [0.25, 0.3) is 5.65 Å². The molecule has 17 heavy (non-hydrogen) atoms. The Bertz CT molecular complexity index is 516. The molecule has 5 heteroatoms. The lowest BCUT2D eigenvalue weighted by molar-refractivity contribution is 0.0499. The number of nitrogens with zero attached hydrogens (tertiary/aromatic N) is 3. The van der Waals surface area contributed by atoms with Gasteiger partial charge < -0.3 is 10.1 Å². The zero-order valence-corrected chi connectivity index (χ0v) is 9.89. The molecule has 0 radical (unpaired) electrons. The number of piperidine rings is 1. The predicted molar refractivity (Wildman–Crippen MR) is 64.1 cm³/mol. The summed E-state index contributed by atoms with van der Waals surface area (Å²) in [6, 6.07) is 0. The third-order valence-corrected chi connectivity index (χ3v) is 3.30. The van der Waals surface area contributed by atoms with Crippen molar-refractivity contribution in [3.8, 4) is 5.88 Å². The fourth-order valence-corrected chi connectivity index (χ4v) is 2.20. The first-order valence-corrected chi connectivity index (χ1v) is 5.94. The van der Waals surface area contributed by atoms with Crippen molar-refractivity contribution in [1.29, 1.82) is 0 Å². The van der Waals surface area contributed by atoms with E-state index in [-0.39, 0.29) is 5.60 Å². The lowest BCUT2D eigenvalue weighted by Gasteiger charge is -2.34. The van der Waals surface area contributed by atoms with Crippen LogP contribution in [0.15, 0.2) is 24.8 Å². The summed E-state index contributed by atoms with van der Waals surface area (Å²) in [5.74, 6) is 0.798. The molecule has 0 amide bonds. The second-order valence-electron chi connectivity index (χ2n) is 4.70. The van der Waals surface area contributed by atoms with Crippen LogP contribution < -0.4 is 10.1 Å². The minimum Gasteiger partial charge on any atom is -0.471 e. The Labute approximate surface area is 99.8 Å². The van der Waals surface area contributed by atoms with E-state index in [0.717, 1.165) is 37.5 Å². The molecule has 1 saturated heterocycles. The fraction of sp³-hybridized carbons (Fsp3) is 0.500. The molecule has 0 aliphatic carbocycles. The molecule has 2 aromatic heterocycles. The van der Waals surface area contributed by atoms with Crippen molar-refractivity contribution in [1.82, 2.24) is 19.7 Å². The molecular weight excluding hydrogens is 216 g/mol. The van der Waals surface area contributed by atoms with E-state index in [1.54, 1.807) is 18.6 Å². The highest BCUT2D eigenvalue weighted by Crippen LogP contribution is 2.26. The normalized spacial score (nSPS) is 19.4. The summed E-state index contributed by atoms with van der Waals surface area (Å²) in [4.78, 5) is 8.32. The van der Waals surface area contributed by atoms with Crippen LogP contribution in [0.5, 0.6) is 5.88 Å². The van der Waals surface area contributed by atoms with Crippen LogP contribution in [0.1, 0.15) is 19.8 Å². The van der Waals surface area contributed by atoms with Gasteiger partial charge in [0.15, 0.2) is 5.65 Å². The Balaban J connectivity index is 1.89. The molecule has 1 aliphatic rings. The summed E-state index contributed by atoms with van der Waals surface area (Å²) in [5.41, 5.74) is 0.727. The Hall–Kier alpha value is -1.62. The highest BCUT2D eigenvalue weighted by molar-refractivity contribution is 5.39. The van der Waals surface area contributed by atoms with E-state index in [1.807, 2.05) is 10.6 Å². The molecule has 3 rings (SSSR count). The number of hydrogen-bond acceptors (Lipinski definition) is 4. The van der Waals surface area contributed by atoms with E-state index in [4.69, 9.17) is 4.74 Å². The number of rotatable bonds is 2. The van der Waals surface area contributed by atoms with E-state index >= 15 is 0 Å². The van der Waals surface area contributed by atoms with E-state index < -0.39 is 0 Å². The zero-order valence-electron chi connectivity index (χ0n) is 9.89. The summed E-state index contributed by atoms with van der Waals surface area (Å²) < 4.78 is 8.06. The molecule has 1 aliphatic heterocycles. The predicted octanol–water partition coefficient (Wildman–Crippen LogP) is 1.25. The number of fused-ring (bicyclic) bond motifs is 1. The van der Waals surface area contributed by atoms with Crippen molar-refractivity contribution in [3.63, 3.8) is 0 Å². The summed E-state index contributed by atoms with van der Waals surface area (Å²) >= 11 is 0. The Morgan fingerprint density at radius 3 is 3.00 bits per heavy atom. The number of imidazole rings is 1. The van der Waals surface area contributed by atoms with Gasteiger partial charge in [0.25, 0.3) is 0 Å². The molecule has 3 heterocycles. The molecule has 90 valence electrons. The first kappa shape index (κ1) is 10.5. The van der Waals surface area contributed by atoms with Crippen molar-refractivity contribution in [2.45, 2.75) is 25.4 Å². The summed E-state index contributed by atoms with van der Waals surface area (Å²) in [5, 5.41) is 3.34. The highest BCUT2D eigenvalue weighted by Gasteiger charge is 2.29.